The normalized spacial score (nSPS) is 47.6. The van der Waals surface area contributed by atoms with Gasteiger partial charge in [0.2, 0.25) is 0 Å². The average Bonchev–Trinajstić information content (AvgIpc) is 3.33. The summed E-state index contributed by atoms with van der Waals surface area (Å²) in [6, 6.07) is 0. The molecule has 0 bridgehead atoms. The van der Waals surface area contributed by atoms with Crippen LogP contribution in [0, 0.1) is 50.7 Å². The zero-order valence-electron chi connectivity index (χ0n) is 22.1. The van der Waals surface area contributed by atoms with Crippen molar-refractivity contribution in [2.75, 3.05) is 0 Å². The maximum atomic E-state index is 12.8. The number of ketones is 2. The molecule has 0 radical (unpaired) electrons. The van der Waals surface area contributed by atoms with Crippen molar-refractivity contribution < 1.29 is 19.5 Å². The molecule has 0 aromatic rings. The van der Waals surface area contributed by atoms with Gasteiger partial charge in [0.15, 0.2) is 5.78 Å². The van der Waals surface area contributed by atoms with Gasteiger partial charge in [-0.2, -0.15) is 0 Å². The maximum absolute atomic E-state index is 12.8. The Labute approximate surface area is 205 Å². The summed E-state index contributed by atoms with van der Waals surface area (Å²) in [6.45, 7) is 13.3. The van der Waals surface area contributed by atoms with E-state index >= 15 is 0 Å². The molecule has 5 rings (SSSR count). The summed E-state index contributed by atoms with van der Waals surface area (Å²) in [5.74, 6) is 1.50. The van der Waals surface area contributed by atoms with E-state index in [-0.39, 0.29) is 28.1 Å². The number of rotatable bonds is 5. The molecular formula is C30H44O4. The molecule has 0 aliphatic heterocycles. The van der Waals surface area contributed by atoms with E-state index in [2.05, 4.69) is 34.6 Å². The number of aliphatic carboxylic acids is 1. The van der Waals surface area contributed by atoms with E-state index in [0.29, 0.717) is 40.3 Å². The van der Waals surface area contributed by atoms with Crippen LogP contribution in [-0.4, -0.2) is 22.6 Å². The molecule has 2 spiro atoms. The lowest BCUT2D eigenvalue weighted by Gasteiger charge is -2.62. The summed E-state index contributed by atoms with van der Waals surface area (Å²) in [7, 11) is 0. The summed E-state index contributed by atoms with van der Waals surface area (Å²) in [5.41, 5.74) is 1.32. The molecule has 5 saturated carbocycles. The number of allylic oxidation sites excluding steroid dienone is 1. The molecule has 5 aliphatic rings. The van der Waals surface area contributed by atoms with Crippen LogP contribution in [0.4, 0.5) is 0 Å². The molecule has 2 unspecified atom stereocenters. The van der Waals surface area contributed by atoms with Gasteiger partial charge < -0.3 is 5.11 Å². The highest BCUT2D eigenvalue weighted by molar-refractivity contribution is 5.98. The predicted octanol–water partition coefficient (Wildman–Crippen LogP) is 6.62. The number of Topliss-reactive ketones (excluding diaryl/α,β-unsaturated/α-hetero) is 1. The van der Waals surface area contributed by atoms with Crippen molar-refractivity contribution in [2.24, 2.45) is 50.7 Å². The van der Waals surface area contributed by atoms with Gasteiger partial charge in [-0.1, -0.05) is 34.6 Å². The van der Waals surface area contributed by atoms with E-state index in [0.717, 1.165) is 18.8 Å². The average molecular weight is 469 g/mol. The number of carbonyl (C=O) groups is 3. The number of hydrogen-bond acceptors (Lipinski definition) is 3. The van der Waals surface area contributed by atoms with Crippen LogP contribution < -0.4 is 0 Å². The first-order chi connectivity index (χ1) is 15.8. The molecule has 1 N–H and O–H groups in total. The predicted molar refractivity (Wildman–Crippen MR) is 132 cm³/mol. The van der Waals surface area contributed by atoms with Crippen molar-refractivity contribution in [1.29, 1.82) is 0 Å². The first-order valence-electron chi connectivity index (χ1n) is 13.7. The quantitative estimate of drug-likeness (QED) is 0.460. The van der Waals surface area contributed by atoms with E-state index in [9.17, 15) is 14.4 Å². The Kier molecular flexibility index (Phi) is 5.20. The van der Waals surface area contributed by atoms with E-state index in [1.165, 1.54) is 57.9 Å². The minimum atomic E-state index is -1.01. The van der Waals surface area contributed by atoms with Gasteiger partial charge in [0, 0.05) is 23.8 Å². The number of carboxylic acid groups (broad SMARTS) is 1. The fraction of sp³-hybridized carbons (Fsp3) is 0.833. The second kappa shape index (κ2) is 7.29. The zero-order valence-corrected chi connectivity index (χ0v) is 22.1. The third kappa shape index (κ3) is 2.86. The molecule has 5 aliphatic carbocycles. The van der Waals surface area contributed by atoms with Crippen molar-refractivity contribution >= 4 is 17.5 Å². The van der Waals surface area contributed by atoms with Crippen molar-refractivity contribution in [2.45, 2.75) is 106 Å². The van der Waals surface area contributed by atoms with Crippen LogP contribution in [-0.2, 0) is 14.4 Å². The van der Waals surface area contributed by atoms with Gasteiger partial charge in [-0.25, -0.2) is 4.79 Å². The lowest BCUT2D eigenvalue weighted by Crippen LogP contribution is -2.57. The molecule has 4 heteroatoms. The molecular weight excluding hydrogens is 424 g/mol. The van der Waals surface area contributed by atoms with Crippen LogP contribution in [0.3, 0.4) is 0 Å². The van der Waals surface area contributed by atoms with E-state index in [1.807, 2.05) is 0 Å². The van der Waals surface area contributed by atoms with Crippen LogP contribution >= 0.6 is 0 Å². The Bertz CT molecular complexity index is 976. The molecule has 8 atom stereocenters. The Hall–Kier alpha value is -1.45. The monoisotopic (exact) mass is 468 g/mol. The highest BCUT2D eigenvalue weighted by Gasteiger charge is 2.82. The van der Waals surface area contributed by atoms with E-state index in [1.54, 1.807) is 0 Å². The summed E-state index contributed by atoms with van der Waals surface area (Å²) >= 11 is 0. The number of carboxylic acids is 1. The summed E-state index contributed by atoms with van der Waals surface area (Å²) in [4.78, 5) is 36.6. The summed E-state index contributed by atoms with van der Waals surface area (Å²) in [5, 5.41) is 9.13. The summed E-state index contributed by atoms with van der Waals surface area (Å²) < 4.78 is 0. The SMILES string of the molecule is C/C(=C\C(=O)C[C@@H](C)[C@H]1CC[C@@]2(C)[C@@H]3CCC4C(C)(C)C(=O)CC[C@@]45CC35CC[C@]12C)C(=O)O. The molecule has 188 valence electrons. The van der Waals surface area contributed by atoms with Crippen LogP contribution in [0.1, 0.15) is 106 Å². The number of carbonyl (C=O) groups excluding carboxylic acids is 2. The van der Waals surface area contributed by atoms with E-state index < -0.39 is 5.97 Å². The van der Waals surface area contributed by atoms with Gasteiger partial charge in [0.05, 0.1) is 0 Å². The Morgan fingerprint density at radius 1 is 0.971 bits per heavy atom. The summed E-state index contributed by atoms with van der Waals surface area (Å²) in [6.07, 6.45) is 12.4. The molecule has 0 saturated heterocycles. The van der Waals surface area contributed by atoms with Gasteiger partial charge in [0.1, 0.15) is 5.78 Å². The van der Waals surface area contributed by atoms with Gasteiger partial charge in [-0.15, -0.1) is 0 Å². The van der Waals surface area contributed by atoms with Crippen LogP contribution in [0.25, 0.3) is 0 Å². The lowest BCUT2D eigenvalue weighted by atomic mass is 9.42. The standard InChI is InChI=1S/C30H44O4/c1-18(15-20(31)16-19(2)25(33)34)21-9-11-28(6)23-8-7-22-26(3,4)24(32)10-12-29(22)17-30(23,29)14-13-27(21,28)5/h16,18,21-23H,7-15,17H2,1-6H3,(H,33,34)/b19-16+/t18-,21-,22?,23+,27-,28+,29-,30?/m1/s1. The first kappa shape index (κ1) is 24.3. The van der Waals surface area contributed by atoms with Crippen molar-refractivity contribution in [1.82, 2.24) is 0 Å². The highest BCUT2D eigenvalue weighted by Crippen LogP contribution is 2.88. The second-order valence-electron chi connectivity index (χ2n) is 14.1. The lowest BCUT2D eigenvalue weighted by molar-refractivity contribution is -0.157. The minimum absolute atomic E-state index is 0.0485. The Balaban J connectivity index is 1.39. The largest absolute Gasteiger partial charge is 0.478 e. The smallest absolute Gasteiger partial charge is 0.331 e. The number of hydrogen-bond donors (Lipinski definition) is 1. The fourth-order valence-electron chi connectivity index (χ4n) is 10.9. The third-order valence-electron chi connectivity index (χ3n) is 12.8. The third-order valence-corrected chi connectivity index (χ3v) is 12.8. The highest BCUT2D eigenvalue weighted by atomic mass is 16.4. The van der Waals surface area contributed by atoms with Crippen molar-refractivity contribution in [3.8, 4) is 0 Å². The zero-order chi connectivity index (χ0) is 24.9. The Morgan fingerprint density at radius 3 is 2.29 bits per heavy atom. The van der Waals surface area contributed by atoms with Crippen LogP contribution in [0.5, 0.6) is 0 Å². The molecule has 0 aromatic heterocycles. The van der Waals surface area contributed by atoms with Gasteiger partial charge in [0.25, 0.3) is 0 Å². The molecule has 0 heterocycles. The minimum Gasteiger partial charge on any atom is -0.478 e. The second-order valence-corrected chi connectivity index (χ2v) is 14.1. The topological polar surface area (TPSA) is 71.4 Å². The van der Waals surface area contributed by atoms with Gasteiger partial charge in [-0.3, -0.25) is 9.59 Å². The van der Waals surface area contributed by atoms with E-state index in [4.69, 9.17) is 5.11 Å². The molecule has 5 fully saturated rings. The first-order valence-corrected chi connectivity index (χ1v) is 13.7. The molecule has 0 amide bonds. The fourth-order valence-corrected chi connectivity index (χ4v) is 10.9. The molecule has 0 aromatic carbocycles. The van der Waals surface area contributed by atoms with Crippen LogP contribution in [0.2, 0.25) is 0 Å². The van der Waals surface area contributed by atoms with Crippen LogP contribution in [0.15, 0.2) is 11.6 Å². The van der Waals surface area contributed by atoms with Crippen molar-refractivity contribution in [3.63, 3.8) is 0 Å². The Morgan fingerprint density at radius 2 is 1.62 bits per heavy atom. The molecule has 4 nitrogen and oxygen atoms in total. The van der Waals surface area contributed by atoms with Gasteiger partial charge >= 0.3 is 5.97 Å². The van der Waals surface area contributed by atoms with Crippen molar-refractivity contribution in [3.05, 3.63) is 11.6 Å². The maximum Gasteiger partial charge on any atom is 0.331 e. The number of fused-ring (bicyclic) bond motifs is 2. The van der Waals surface area contributed by atoms with Gasteiger partial charge in [-0.05, 0) is 110 Å². The molecule has 34 heavy (non-hydrogen) atoms.